The molecule has 0 aliphatic heterocycles. The van der Waals surface area contributed by atoms with Gasteiger partial charge in [0.25, 0.3) is 0 Å². The lowest BCUT2D eigenvalue weighted by Gasteiger charge is -2.18. The van der Waals surface area contributed by atoms with Crippen LogP contribution in [-0.2, 0) is 10.2 Å². The summed E-state index contributed by atoms with van der Waals surface area (Å²) in [6.45, 7) is 1.85. The summed E-state index contributed by atoms with van der Waals surface area (Å²) in [5, 5.41) is 19.0. The fraction of sp³-hybridized carbons (Fsp3) is 0.462. The fourth-order valence-electron chi connectivity index (χ4n) is 2.34. The lowest BCUT2D eigenvalue weighted by Crippen LogP contribution is -2.13. The van der Waals surface area contributed by atoms with Crippen LogP contribution in [0.1, 0.15) is 30.4 Å². The van der Waals surface area contributed by atoms with Crippen molar-refractivity contribution in [2.45, 2.75) is 31.6 Å². The Hall–Kier alpha value is -1.71. The summed E-state index contributed by atoms with van der Waals surface area (Å²) in [6.07, 6.45) is 1.67. The van der Waals surface area contributed by atoms with Gasteiger partial charge in [-0.05, 0) is 25.3 Å². The molecule has 0 saturated heterocycles. The molecule has 0 amide bonds. The van der Waals surface area contributed by atoms with Crippen molar-refractivity contribution in [3.8, 4) is 11.5 Å². The largest absolute Gasteiger partial charge is 0.504 e. The average Bonchev–Trinajstić information content (AvgIpc) is 2.98. The second-order valence-corrected chi connectivity index (χ2v) is 4.66. The van der Waals surface area contributed by atoms with Crippen LogP contribution in [0.25, 0.3) is 0 Å². The molecule has 1 fully saturated rings. The molecule has 0 spiro atoms. The summed E-state index contributed by atoms with van der Waals surface area (Å²) < 4.78 is 5.15. The van der Waals surface area contributed by atoms with E-state index in [9.17, 15) is 9.90 Å². The average molecular weight is 236 g/mol. The van der Waals surface area contributed by atoms with E-state index in [2.05, 4.69) is 0 Å². The van der Waals surface area contributed by atoms with Crippen LogP contribution in [-0.4, -0.2) is 23.3 Å². The highest BCUT2D eigenvalue weighted by Crippen LogP contribution is 2.55. The molecule has 0 bridgehead atoms. The molecular weight excluding hydrogens is 220 g/mol. The van der Waals surface area contributed by atoms with Crippen molar-refractivity contribution in [2.75, 3.05) is 7.11 Å². The smallest absolute Gasteiger partial charge is 0.304 e. The molecule has 1 aromatic carbocycles. The van der Waals surface area contributed by atoms with Gasteiger partial charge in [0, 0.05) is 11.0 Å². The van der Waals surface area contributed by atoms with E-state index >= 15 is 0 Å². The van der Waals surface area contributed by atoms with Crippen molar-refractivity contribution in [1.29, 1.82) is 0 Å². The zero-order valence-electron chi connectivity index (χ0n) is 9.99. The number of ether oxygens (including phenoxy) is 1. The van der Waals surface area contributed by atoms with Gasteiger partial charge in [0.2, 0.25) is 0 Å². The number of hydrogen-bond donors (Lipinski definition) is 2. The summed E-state index contributed by atoms with van der Waals surface area (Å²) in [5.41, 5.74) is 1.15. The van der Waals surface area contributed by atoms with Crippen molar-refractivity contribution in [2.24, 2.45) is 0 Å². The van der Waals surface area contributed by atoms with Crippen LogP contribution in [0.5, 0.6) is 11.5 Å². The van der Waals surface area contributed by atoms with Gasteiger partial charge in [0.15, 0.2) is 11.5 Å². The van der Waals surface area contributed by atoms with Gasteiger partial charge in [-0.25, -0.2) is 0 Å². The molecule has 2 rings (SSSR count). The Labute approximate surface area is 99.8 Å². The number of rotatable bonds is 4. The van der Waals surface area contributed by atoms with Crippen molar-refractivity contribution < 1.29 is 19.7 Å². The number of benzene rings is 1. The van der Waals surface area contributed by atoms with Crippen molar-refractivity contribution in [1.82, 2.24) is 0 Å². The van der Waals surface area contributed by atoms with E-state index in [0.29, 0.717) is 11.3 Å². The van der Waals surface area contributed by atoms with Crippen LogP contribution in [0.2, 0.25) is 0 Å². The number of phenolic OH excluding ortho intramolecular Hbond substituents is 1. The van der Waals surface area contributed by atoms with E-state index < -0.39 is 11.4 Å². The number of carbonyl (C=O) groups is 1. The Kier molecular flexibility index (Phi) is 2.73. The third-order valence-electron chi connectivity index (χ3n) is 3.45. The van der Waals surface area contributed by atoms with Gasteiger partial charge in [0.1, 0.15) is 0 Å². The SMILES string of the molecule is COc1c(C)ccc(C2(CC(=O)O)CC2)c1O. The number of hydrogen-bond acceptors (Lipinski definition) is 3. The van der Waals surface area contributed by atoms with E-state index in [1.807, 2.05) is 19.1 Å². The van der Waals surface area contributed by atoms with Crippen LogP contribution in [0.3, 0.4) is 0 Å². The molecule has 0 heterocycles. The third kappa shape index (κ3) is 1.95. The molecule has 2 N–H and O–H groups in total. The van der Waals surface area contributed by atoms with Gasteiger partial charge in [-0.3, -0.25) is 4.79 Å². The normalized spacial score (nSPS) is 16.6. The minimum absolute atomic E-state index is 0.0623. The topological polar surface area (TPSA) is 66.8 Å². The zero-order chi connectivity index (χ0) is 12.6. The molecule has 4 nitrogen and oxygen atoms in total. The molecule has 92 valence electrons. The number of carboxylic acids is 1. The fourth-order valence-corrected chi connectivity index (χ4v) is 2.34. The zero-order valence-corrected chi connectivity index (χ0v) is 9.99. The van der Waals surface area contributed by atoms with Crippen molar-refractivity contribution in [3.05, 3.63) is 23.3 Å². The van der Waals surface area contributed by atoms with Crippen molar-refractivity contribution >= 4 is 5.97 Å². The number of aromatic hydroxyl groups is 1. The Balaban J connectivity index is 2.43. The maximum atomic E-state index is 10.8. The minimum atomic E-state index is -0.832. The van der Waals surface area contributed by atoms with Gasteiger partial charge in [0.05, 0.1) is 13.5 Å². The second kappa shape index (κ2) is 3.95. The predicted molar refractivity (Wildman–Crippen MR) is 62.6 cm³/mol. The van der Waals surface area contributed by atoms with E-state index in [1.54, 1.807) is 0 Å². The Morgan fingerprint density at radius 3 is 2.59 bits per heavy atom. The Bertz CT molecular complexity index is 461. The van der Waals surface area contributed by atoms with E-state index in [4.69, 9.17) is 9.84 Å². The van der Waals surface area contributed by atoms with Gasteiger partial charge < -0.3 is 14.9 Å². The maximum absolute atomic E-state index is 10.8. The first-order chi connectivity index (χ1) is 8.00. The first-order valence-electron chi connectivity index (χ1n) is 5.59. The summed E-state index contributed by atoms with van der Waals surface area (Å²) in [4.78, 5) is 10.8. The lowest BCUT2D eigenvalue weighted by molar-refractivity contribution is -0.137. The molecule has 0 unspecified atom stereocenters. The molecule has 1 aliphatic rings. The van der Waals surface area contributed by atoms with Crippen LogP contribution >= 0.6 is 0 Å². The van der Waals surface area contributed by atoms with E-state index in [-0.39, 0.29) is 12.2 Å². The van der Waals surface area contributed by atoms with E-state index in [0.717, 1.165) is 18.4 Å². The monoisotopic (exact) mass is 236 g/mol. The number of aryl methyl sites for hydroxylation is 1. The summed E-state index contributed by atoms with van der Waals surface area (Å²) >= 11 is 0. The molecule has 1 aliphatic carbocycles. The summed E-state index contributed by atoms with van der Waals surface area (Å²) in [5.74, 6) is -0.299. The third-order valence-corrected chi connectivity index (χ3v) is 3.45. The first-order valence-corrected chi connectivity index (χ1v) is 5.59. The van der Waals surface area contributed by atoms with Gasteiger partial charge >= 0.3 is 5.97 Å². The van der Waals surface area contributed by atoms with Gasteiger partial charge in [-0.2, -0.15) is 0 Å². The number of methoxy groups -OCH3 is 1. The Morgan fingerprint density at radius 2 is 2.12 bits per heavy atom. The standard InChI is InChI=1S/C13H16O4/c1-8-3-4-9(11(16)12(8)17-2)13(5-6-13)7-10(14)15/h3-4,16H,5-7H2,1-2H3,(H,14,15). The molecule has 1 saturated carbocycles. The molecular formula is C13H16O4. The molecule has 0 aromatic heterocycles. The van der Waals surface area contributed by atoms with Gasteiger partial charge in [-0.15, -0.1) is 0 Å². The summed E-state index contributed by atoms with van der Waals surface area (Å²) in [7, 11) is 1.50. The molecule has 17 heavy (non-hydrogen) atoms. The number of carboxylic acid groups (broad SMARTS) is 1. The molecule has 0 atom stereocenters. The lowest BCUT2D eigenvalue weighted by atomic mass is 9.90. The quantitative estimate of drug-likeness (QED) is 0.841. The number of phenols is 1. The van der Waals surface area contributed by atoms with Crippen LogP contribution in [0.4, 0.5) is 0 Å². The second-order valence-electron chi connectivity index (χ2n) is 4.66. The van der Waals surface area contributed by atoms with Crippen LogP contribution in [0.15, 0.2) is 12.1 Å². The highest BCUT2D eigenvalue weighted by atomic mass is 16.5. The van der Waals surface area contributed by atoms with E-state index in [1.165, 1.54) is 7.11 Å². The highest BCUT2D eigenvalue weighted by Gasteiger charge is 2.48. The highest BCUT2D eigenvalue weighted by molar-refractivity contribution is 5.71. The van der Waals surface area contributed by atoms with Crippen LogP contribution in [0, 0.1) is 6.92 Å². The first kappa shape index (κ1) is 11.8. The van der Waals surface area contributed by atoms with Crippen LogP contribution < -0.4 is 4.74 Å². The van der Waals surface area contributed by atoms with Gasteiger partial charge in [-0.1, -0.05) is 12.1 Å². The maximum Gasteiger partial charge on any atom is 0.304 e. The molecule has 4 heteroatoms. The van der Waals surface area contributed by atoms with Crippen molar-refractivity contribution in [3.63, 3.8) is 0 Å². The predicted octanol–water partition coefficient (Wildman–Crippen LogP) is 2.22. The minimum Gasteiger partial charge on any atom is -0.504 e. The Morgan fingerprint density at radius 1 is 1.47 bits per heavy atom. The summed E-state index contributed by atoms with van der Waals surface area (Å²) in [6, 6.07) is 3.67. The molecule has 1 aromatic rings. The number of aliphatic carboxylic acids is 1. The molecule has 0 radical (unpaired) electrons.